The van der Waals surface area contributed by atoms with Gasteiger partial charge in [0.15, 0.2) is 0 Å². The van der Waals surface area contributed by atoms with Crippen molar-refractivity contribution in [3.63, 3.8) is 0 Å². The number of amides is 1. The van der Waals surface area contributed by atoms with Crippen LogP contribution < -0.4 is 5.32 Å². The molecule has 1 unspecified atom stereocenters. The summed E-state index contributed by atoms with van der Waals surface area (Å²) in [6, 6.07) is 12.1. The van der Waals surface area contributed by atoms with Crippen molar-refractivity contribution >= 4 is 5.91 Å². The highest BCUT2D eigenvalue weighted by Crippen LogP contribution is 2.23. The Morgan fingerprint density at radius 2 is 2.14 bits per heavy atom. The lowest BCUT2D eigenvalue weighted by atomic mass is 10.0. The van der Waals surface area contributed by atoms with E-state index in [9.17, 15) is 4.79 Å². The first kappa shape index (κ1) is 15.2. The number of nitrogens with one attached hydrogen (secondary N) is 1. The van der Waals surface area contributed by atoms with Gasteiger partial charge in [-0.25, -0.2) is 0 Å². The van der Waals surface area contributed by atoms with Crippen LogP contribution in [0.25, 0.3) is 11.3 Å². The zero-order chi connectivity index (χ0) is 15.2. The second-order valence-corrected chi connectivity index (χ2v) is 4.96. The van der Waals surface area contributed by atoms with Gasteiger partial charge in [0.1, 0.15) is 0 Å². The Hall–Kier alpha value is -2.20. The molecule has 1 aromatic heterocycles. The van der Waals surface area contributed by atoms with Gasteiger partial charge >= 0.3 is 0 Å². The molecule has 1 atom stereocenters. The number of ether oxygens (including phenoxy) is 1. The summed E-state index contributed by atoms with van der Waals surface area (Å²) in [5, 5.41) is 2.76. The van der Waals surface area contributed by atoms with Gasteiger partial charge in [-0.1, -0.05) is 24.3 Å². The van der Waals surface area contributed by atoms with Crippen molar-refractivity contribution < 1.29 is 9.53 Å². The summed E-state index contributed by atoms with van der Waals surface area (Å²) in [5.74, 6) is -0.0414. The summed E-state index contributed by atoms with van der Waals surface area (Å²) < 4.78 is 5.34. The van der Waals surface area contributed by atoms with Gasteiger partial charge in [-0.05, 0) is 30.2 Å². The standard InChI is InChI=1S/C17H20N2O2/c1-12(21-3)15-5-4-6-16(9-15)17-8-7-14(11-19-17)10-18-13(2)20/h4-9,11-12H,10H2,1-3H3,(H,18,20). The number of carbonyl (C=O) groups excluding carboxylic acids is 1. The van der Waals surface area contributed by atoms with Crippen molar-refractivity contribution in [1.29, 1.82) is 0 Å². The molecule has 0 aliphatic heterocycles. The molecule has 4 nitrogen and oxygen atoms in total. The summed E-state index contributed by atoms with van der Waals surface area (Å²) in [5.41, 5.74) is 4.07. The van der Waals surface area contributed by atoms with E-state index >= 15 is 0 Å². The van der Waals surface area contributed by atoms with Crippen LogP contribution in [0, 0.1) is 0 Å². The number of rotatable bonds is 5. The highest BCUT2D eigenvalue weighted by Gasteiger charge is 2.06. The monoisotopic (exact) mass is 284 g/mol. The molecule has 1 aromatic carbocycles. The largest absolute Gasteiger partial charge is 0.377 e. The Kier molecular flexibility index (Phi) is 5.06. The SMILES string of the molecule is COC(C)c1cccc(-c2ccc(CNC(C)=O)cn2)c1. The normalized spacial score (nSPS) is 12.0. The van der Waals surface area contributed by atoms with E-state index < -0.39 is 0 Å². The topological polar surface area (TPSA) is 51.2 Å². The van der Waals surface area contributed by atoms with Gasteiger partial charge in [0.25, 0.3) is 0 Å². The molecule has 0 aliphatic rings. The van der Waals surface area contributed by atoms with Crippen molar-refractivity contribution in [2.45, 2.75) is 26.5 Å². The van der Waals surface area contributed by atoms with Gasteiger partial charge in [-0.15, -0.1) is 0 Å². The average molecular weight is 284 g/mol. The molecular formula is C17H20N2O2. The van der Waals surface area contributed by atoms with Crippen LogP contribution in [-0.2, 0) is 16.1 Å². The van der Waals surface area contributed by atoms with Crippen LogP contribution in [0.15, 0.2) is 42.6 Å². The Morgan fingerprint density at radius 1 is 1.33 bits per heavy atom. The summed E-state index contributed by atoms with van der Waals surface area (Å²) in [7, 11) is 1.70. The van der Waals surface area contributed by atoms with Crippen molar-refractivity contribution in [2.24, 2.45) is 0 Å². The van der Waals surface area contributed by atoms with Crippen LogP contribution in [0.5, 0.6) is 0 Å². The highest BCUT2D eigenvalue weighted by atomic mass is 16.5. The second kappa shape index (κ2) is 6.99. The van der Waals surface area contributed by atoms with Crippen LogP contribution in [0.2, 0.25) is 0 Å². The molecule has 0 saturated heterocycles. The molecule has 1 heterocycles. The van der Waals surface area contributed by atoms with Gasteiger partial charge in [-0.2, -0.15) is 0 Å². The Labute approximate surface area is 125 Å². The number of pyridine rings is 1. The van der Waals surface area contributed by atoms with Crippen LogP contribution >= 0.6 is 0 Å². The van der Waals surface area contributed by atoms with Gasteiger partial charge in [0, 0.05) is 32.3 Å². The minimum Gasteiger partial charge on any atom is -0.377 e. The molecule has 1 N–H and O–H groups in total. The fraction of sp³-hybridized carbons (Fsp3) is 0.294. The lowest BCUT2D eigenvalue weighted by Crippen LogP contribution is -2.18. The first-order chi connectivity index (χ1) is 10.1. The summed E-state index contributed by atoms with van der Waals surface area (Å²) in [4.78, 5) is 15.4. The zero-order valence-electron chi connectivity index (χ0n) is 12.6. The third-order valence-electron chi connectivity index (χ3n) is 3.37. The fourth-order valence-electron chi connectivity index (χ4n) is 2.01. The minimum absolute atomic E-state index is 0.0414. The van der Waals surface area contributed by atoms with Crippen molar-refractivity contribution in [2.75, 3.05) is 7.11 Å². The van der Waals surface area contributed by atoms with E-state index in [1.807, 2.05) is 37.3 Å². The van der Waals surface area contributed by atoms with Gasteiger partial charge in [0.05, 0.1) is 11.8 Å². The summed E-state index contributed by atoms with van der Waals surface area (Å²) >= 11 is 0. The maximum absolute atomic E-state index is 10.9. The van der Waals surface area contributed by atoms with Gasteiger partial charge in [0.2, 0.25) is 5.91 Å². The Balaban J connectivity index is 2.16. The van der Waals surface area contributed by atoms with E-state index in [-0.39, 0.29) is 12.0 Å². The molecule has 1 amide bonds. The number of benzene rings is 1. The predicted octanol–water partition coefficient (Wildman–Crippen LogP) is 3.09. The number of hydrogen-bond donors (Lipinski definition) is 1. The summed E-state index contributed by atoms with van der Waals surface area (Å²) in [6.07, 6.45) is 1.85. The molecule has 2 rings (SSSR count). The number of nitrogens with zero attached hydrogens (tertiary/aromatic N) is 1. The van der Waals surface area contributed by atoms with Crippen molar-refractivity contribution in [3.8, 4) is 11.3 Å². The van der Waals surface area contributed by atoms with Gasteiger partial charge in [-0.3, -0.25) is 9.78 Å². The van der Waals surface area contributed by atoms with E-state index in [4.69, 9.17) is 4.74 Å². The van der Waals surface area contributed by atoms with E-state index in [2.05, 4.69) is 16.4 Å². The highest BCUT2D eigenvalue weighted by molar-refractivity contribution is 5.72. The zero-order valence-corrected chi connectivity index (χ0v) is 12.6. The van der Waals surface area contributed by atoms with Crippen molar-refractivity contribution in [3.05, 3.63) is 53.7 Å². The van der Waals surface area contributed by atoms with E-state index in [1.54, 1.807) is 13.3 Å². The van der Waals surface area contributed by atoms with Crippen LogP contribution in [-0.4, -0.2) is 18.0 Å². The second-order valence-electron chi connectivity index (χ2n) is 4.96. The van der Waals surface area contributed by atoms with E-state index in [1.165, 1.54) is 6.92 Å². The van der Waals surface area contributed by atoms with Gasteiger partial charge < -0.3 is 10.1 Å². The molecule has 0 radical (unpaired) electrons. The van der Waals surface area contributed by atoms with Crippen LogP contribution in [0.4, 0.5) is 0 Å². The Morgan fingerprint density at radius 3 is 2.76 bits per heavy atom. The summed E-state index contributed by atoms with van der Waals surface area (Å²) in [6.45, 7) is 4.02. The van der Waals surface area contributed by atoms with Crippen LogP contribution in [0.3, 0.4) is 0 Å². The quantitative estimate of drug-likeness (QED) is 0.918. The van der Waals surface area contributed by atoms with E-state index in [0.29, 0.717) is 6.54 Å². The molecule has 0 aliphatic carbocycles. The van der Waals surface area contributed by atoms with Crippen LogP contribution in [0.1, 0.15) is 31.1 Å². The Bertz CT molecular complexity index is 608. The molecule has 0 saturated carbocycles. The molecule has 21 heavy (non-hydrogen) atoms. The number of aromatic nitrogens is 1. The first-order valence-corrected chi connectivity index (χ1v) is 6.92. The number of methoxy groups -OCH3 is 1. The maximum Gasteiger partial charge on any atom is 0.217 e. The van der Waals surface area contributed by atoms with Crippen molar-refractivity contribution in [1.82, 2.24) is 10.3 Å². The molecule has 2 aromatic rings. The molecule has 4 heteroatoms. The number of carbonyl (C=O) groups is 1. The predicted molar refractivity (Wildman–Crippen MR) is 82.6 cm³/mol. The maximum atomic E-state index is 10.9. The smallest absolute Gasteiger partial charge is 0.217 e. The van der Waals surface area contributed by atoms with E-state index in [0.717, 1.165) is 22.4 Å². The minimum atomic E-state index is -0.0414. The third-order valence-corrected chi connectivity index (χ3v) is 3.37. The lowest BCUT2D eigenvalue weighted by molar-refractivity contribution is -0.119. The number of hydrogen-bond acceptors (Lipinski definition) is 3. The molecule has 0 bridgehead atoms. The molecule has 0 spiro atoms. The fourth-order valence-corrected chi connectivity index (χ4v) is 2.01. The molecule has 110 valence electrons. The lowest BCUT2D eigenvalue weighted by Gasteiger charge is -2.11. The first-order valence-electron chi connectivity index (χ1n) is 6.92. The average Bonchev–Trinajstić information content (AvgIpc) is 2.52. The molecular weight excluding hydrogens is 264 g/mol. The third kappa shape index (κ3) is 4.13. The molecule has 0 fully saturated rings.